The Morgan fingerprint density at radius 1 is 1.06 bits per heavy atom. The fourth-order valence-corrected chi connectivity index (χ4v) is 1.78. The van der Waals surface area contributed by atoms with Gasteiger partial charge in [0.05, 0.1) is 0 Å². The first-order valence-electron chi connectivity index (χ1n) is 6.02. The van der Waals surface area contributed by atoms with Gasteiger partial charge in [-0.3, -0.25) is 0 Å². The van der Waals surface area contributed by atoms with Crippen molar-refractivity contribution in [3.05, 3.63) is 59.2 Å². The number of hydrogen-bond acceptors (Lipinski definition) is 0. The quantitative estimate of drug-likeness (QED) is 0.594. The molecule has 0 saturated carbocycles. The van der Waals surface area contributed by atoms with E-state index in [1.165, 1.54) is 11.1 Å². The third-order valence-corrected chi connectivity index (χ3v) is 3.05. The van der Waals surface area contributed by atoms with Crippen molar-refractivity contribution in [2.45, 2.75) is 40.0 Å². The first-order valence-corrected chi connectivity index (χ1v) is 6.02. The highest BCUT2D eigenvalue weighted by Crippen LogP contribution is 2.24. The molecule has 0 aromatic heterocycles. The molecule has 0 heterocycles. The largest absolute Gasteiger partial charge is 0.103 e. The Kier molecular flexibility index (Phi) is 5.04. The maximum absolute atomic E-state index is 3.48. The number of benzene rings is 1. The lowest BCUT2D eigenvalue weighted by molar-refractivity contribution is 0.952. The average molecular weight is 214 g/mol. The van der Waals surface area contributed by atoms with Crippen molar-refractivity contribution in [2.75, 3.05) is 0 Å². The Balaban J connectivity index is 0.000000280. The van der Waals surface area contributed by atoms with Crippen LogP contribution in [0.15, 0.2) is 48.1 Å². The second kappa shape index (κ2) is 6.32. The second-order valence-electron chi connectivity index (χ2n) is 4.38. The Morgan fingerprint density at radius 2 is 1.44 bits per heavy atom. The second-order valence-corrected chi connectivity index (χ2v) is 4.38. The summed E-state index contributed by atoms with van der Waals surface area (Å²) in [6.07, 6.45) is 5.27. The van der Waals surface area contributed by atoms with Crippen LogP contribution in [0.25, 0.3) is 0 Å². The van der Waals surface area contributed by atoms with E-state index in [0.717, 1.165) is 19.3 Å². The summed E-state index contributed by atoms with van der Waals surface area (Å²) in [5, 5.41) is 0. The van der Waals surface area contributed by atoms with E-state index >= 15 is 0 Å². The van der Waals surface area contributed by atoms with Crippen molar-refractivity contribution >= 4 is 0 Å². The van der Waals surface area contributed by atoms with E-state index in [-0.39, 0.29) is 0 Å². The fraction of sp³-hybridized carbons (Fsp3) is 0.375. The van der Waals surface area contributed by atoms with Crippen molar-refractivity contribution in [3.8, 4) is 0 Å². The molecule has 16 heavy (non-hydrogen) atoms. The van der Waals surface area contributed by atoms with Crippen LogP contribution in [0.4, 0.5) is 0 Å². The summed E-state index contributed by atoms with van der Waals surface area (Å²) in [4.78, 5) is 0. The topological polar surface area (TPSA) is 0 Å². The molecule has 1 aromatic rings. The molecule has 2 rings (SSSR count). The first-order chi connectivity index (χ1) is 7.69. The van der Waals surface area contributed by atoms with Gasteiger partial charge in [-0.15, -0.1) is 6.58 Å². The molecule has 0 amide bonds. The van der Waals surface area contributed by atoms with Gasteiger partial charge in [-0.1, -0.05) is 48.4 Å². The lowest BCUT2D eigenvalue weighted by Crippen LogP contribution is -2.04. The summed E-state index contributed by atoms with van der Waals surface area (Å²) < 4.78 is 0. The molecule has 0 spiro atoms. The SMILES string of the molecule is C=CCC.CC1=C(C)Cc2ccccc2C1. The molecule has 0 aliphatic heterocycles. The Labute approximate surface area is 99.7 Å². The van der Waals surface area contributed by atoms with Crippen LogP contribution < -0.4 is 0 Å². The van der Waals surface area contributed by atoms with E-state index in [9.17, 15) is 0 Å². The van der Waals surface area contributed by atoms with Gasteiger partial charge in [0.15, 0.2) is 0 Å². The van der Waals surface area contributed by atoms with Gasteiger partial charge in [-0.05, 0) is 44.2 Å². The molecule has 0 nitrogen and oxygen atoms in total. The van der Waals surface area contributed by atoms with Crippen molar-refractivity contribution in [2.24, 2.45) is 0 Å². The van der Waals surface area contributed by atoms with Crippen LogP contribution in [0.1, 0.15) is 38.3 Å². The van der Waals surface area contributed by atoms with Crippen LogP contribution in [-0.2, 0) is 12.8 Å². The minimum absolute atomic E-state index is 1.08. The zero-order valence-electron chi connectivity index (χ0n) is 10.7. The molecular formula is C16H22. The van der Waals surface area contributed by atoms with Gasteiger partial charge in [0.2, 0.25) is 0 Å². The monoisotopic (exact) mass is 214 g/mol. The van der Waals surface area contributed by atoms with Gasteiger partial charge in [-0.25, -0.2) is 0 Å². The molecule has 0 N–H and O–H groups in total. The van der Waals surface area contributed by atoms with Crippen LogP contribution >= 0.6 is 0 Å². The van der Waals surface area contributed by atoms with Gasteiger partial charge in [0.1, 0.15) is 0 Å². The maximum atomic E-state index is 3.48. The van der Waals surface area contributed by atoms with E-state index < -0.39 is 0 Å². The molecule has 0 fully saturated rings. The molecule has 0 saturated heterocycles. The molecule has 0 heteroatoms. The number of fused-ring (bicyclic) bond motifs is 1. The predicted octanol–water partition coefficient (Wildman–Crippen LogP) is 4.70. The van der Waals surface area contributed by atoms with Gasteiger partial charge in [0, 0.05) is 0 Å². The third kappa shape index (κ3) is 3.37. The highest BCUT2D eigenvalue weighted by molar-refractivity contribution is 5.39. The summed E-state index contributed by atoms with van der Waals surface area (Å²) in [5.74, 6) is 0. The van der Waals surface area contributed by atoms with Crippen LogP contribution in [0.2, 0.25) is 0 Å². The number of rotatable bonds is 1. The molecule has 1 aliphatic rings. The molecule has 1 aromatic carbocycles. The Hall–Kier alpha value is -1.30. The van der Waals surface area contributed by atoms with Gasteiger partial charge in [0.25, 0.3) is 0 Å². The van der Waals surface area contributed by atoms with Crippen LogP contribution in [0.3, 0.4) is 0 Å². The Morgan fingerprint density at radius 3 is 1.75 bits per heavy atom. The smallest absolute Gasteiger partial charge is 0.00643 e. The van der Waals surface area contributed by atoms with Crippen molar-refractivity contribution in [3.63, 3.8) is 0 Å². The molecule has 1 aliphatic carbocycles. The zero-order valence-corrected chi connectivity index (χ0v) is 10.7. The lowest BCUT2D eigenvalue weighted by atomic mass is 9.88. The summed E-state index contributed by atoms with van der Waals surface area (Å²) in [7, 11) is 0. The molecular weight excluding hydrogens is 192 g/mol. The van der Waals surface area contributed by atoms with Crippen molar-refractivity contribution in [1.29, 1.82) is 0 Å². The number of hydrogen-bond donors (Lipinski definition) is 0. The van der Waals surface area contributed by atoms with Crippen molar-refractivity contribution < 1.29 is 0 Å². The first kappa shape index (κ1) is 12.8. The summed E-state index contributed by atoms with van der Waals surface area (Å²) in [6, 6.07) is 8.75. The van der Waals surface area contributed by atoms with E-state index in [1.54, 1.807) is 11.1 Å². The molecule has 0 bridgehead atoms. The fourth-order valence-electron chi connectivity index (χ4n) is 1.78. The van der Waals surface area contributed by atoms with E-state index in [0.29, 0.717) is 0 Å². The highest BCUT2D eigenvalue weighted by atomic mass is 14.2. The molecule has 86 valence electrons. The molecule has 0 atom stereocenters. The summed E-state index contributed by atoms with van der Waals surface area (Å²) in [5.41, 5.74) is 6.13. The lowest BCUT2D eigenvalue weighted by Gasteiger charge is -2.18. The average Bonchev–Trinajstić information content (AvgIpc) is 2.31. The van der Waals surface area contributed by atoms with E-state index in [4.69, 9.17) is 0 Å². The van der Waals surface area contributed by atoms with Gasteiger partial charge < -0.3 is 0 Å². The predicted molar refractivity (Wildman–Crippen MR) is 72.7 cm³/mol. The van der Waals surface area contributed by atoms with E-state index in [1.807, 2.05) is 6.08 Å². The third-order valence-electron chi connectivity index (χ3n) is 3.05. The molecule has 0 radical (unpaired) electrons. The Bertz CT molecular complexity index is 350. The minimum atomic E-state index is 1.08. The van der Waals surface area contributed by atoms with Crippen LogP contribution in [0.5, 0.6) is 0 Å². The van der Waals surface area contributed by atoms with E-state index in [2.05, 4.69) is 51.6 Å². The standard InChI is InChI=1S/C12H14.C4H8/c1-9-7-11-5-3-4-6-12(11)8-10(9)2;1-3-4-2/h3-6H,7-8H2,1-2H3;3H,1,4H2,2H3. The molecule has 0 unspecified atom stereocenters. The highest BCUT2D eigenvalue weighted by Gasteiger charge is 2.10. The number of allylic oxidation sites excluding steroid dienone is 3. The minimum Gasteiger partial charge on any atom is -0.103 e. The summed E-state index contributed by atoms with van der Waals surface area (Å²) >= 11 is 0. The maximum Gasteiger partial charge on any atom is -0.00643 e. The zero-order chi connectivity index (χ0) is 12.0. The normalized spacial score (nSPS) is 13.7. The van der Waals surface area contributed by atoms with Gasteiger partial charge in [-0.2, -0.15) is 0 Å². The summed E-state index contributed by atoms with van der Waals surface area (Å²) in [6.45, 7) is 10.0. The van der Waals surface area contributed by atoms with Crippen molar-refractivity contribution in [1.82, 2.24) is 0 Å². The van der Waals surface area contributed by atoms with Crippen LogP contribution in [0, 0.1) is 0 Å². The van der Waals surface area contributed by atoms with Gasteiger partial charge >= 0.3 is 0 Å². The van der Waals surface area contributed by atoms with Crippen LogP contribution in [-0.4, -0.2) is 0 Å².